The Balaban J connectivity index is 1.56. The molecule has 0 radical (unpaired) electrons. The molecule has 1 heterocycles. The predicted molar refractivity (Wildman–Crippen MR) is 106 cm³/mol. The number of hydrogen-bond donors (Lipinski definition) is 1. The van der Waals surface area contributed by atoms with Gasteiger partial charge in [0, 0.05) is 10.9 Å². The Bertz CT molecular complexity index is 1020. The molecular weight excluding hydrogens is 338 g/mol. The van der Waals surface area contributed by atoms with Gasteiger partial charge in [-0.15, -0.1) is 0 Å². The van der Waals surface area contributed by atoms with Gasteiger partial charge in [0.2, 0.25) is 0 Å². The lowest BCUT2D eigenvalue weighted by Crippen LogP contribution is -2.07. The van der Waals surface area contributed by atoms with E-state index in [0.717, 1.165) is 52.7 Å². The van der Waals surface area contributed by atoms with E-state index >= 15 is 0 Å². The molecule has 0 aliphatic heterocycles. The molecule has 3 aromatic rings. The van der Waals surface area contributed by atoms with Gasteiger partial charge in [-0.2, -0.15) is 0 Å². The molecule has 4 heteroatoms. The minimum absolute atomic E-state index is 0.0564. The van der Waals surface area contributed by atoms with Crippen LogP contribution in [0, 0.1) is 0 Å². The summed E-state index contributed by atoms with van der Waals surface area (Å²) in [6.45, 7) is 0.412. The van der Waals surface area contributed by atoms with E-state index in [9.17, 15) is 4.79 Å². The third kappa shape index (κ3) is 3.85. The molecular formula is C23H21NO3. The van der Waals surface area contributed by atoms with Crippen molar-refractivity contribution in [3.8, 4) is 5.75 Å². The van der Waals surface area contributed by atoms with Crippen molar-refractivity contribution in [1.29, 1.82) is 0 Å². The molecule has 0 spiro atoms. The number of carboxylic acids is 1. The molecule has 1 aliphatic carbocycles. The summed E-state index contributed by atoms with van der Waals surface area (Å²) in [5.74, 6) is 0.0628. The number of hydrogen-bond acceptors (Lipinski definition) is 3. The minimum Gasteiger partial charge on any atom is -0.487 e. The van der Waals surface area contributed by atoms with Gasteiger partial charge >= 0.3 is 5.97 Å². The maximum Gasteiger partial charge on any atom is 0.307 e. The number of ether oxygens (including phenoxy) is 1. The van der Waals surface area contributed by atoms with Crippen LogP contribution in [0.25, 0.3) is 16.5 Å². The lowest BCUT2D eigenvalue weighted by molar-refractivity contribution is -0.135. The van der Waals surface area contributed by atoms with Gasteiger partial charge in [-0.3, -0.25) is 4.79 Å². The van der Waals surface area contributed by atoms with Crippen LogP contribution >= 0.6 is 0 Å². The summed E-state index contributed by atoms with van der Waals surface area (Å²) in [7, 11) is 0. The Labute approximate surface area is 158 Å². The number of carbonyl (C=O) groups is 1. The van der Waals surface area contributed by atoms with E-state index in [1.165, 1.54) is 5.56 Å². The number of benzene rings is 2. The third-order valence-electron chi connectivity index (χ3n) is 4.91. The van der Waals surface area contributed by atoms with Crippen LogP contribution < -0.4 is 4.74 Å². The Morgan fingerprint density at radius 1 is 1.07 bits per heavy atom. The fourth-order valence-electron chi connectivity index (χ4n) is 3.61. The second kappa shape index (κ2) is 7.62. The van der Waals surface area contributed by atoms with Gasteiger partial charge in [0.15, 0.2) is 0 Å². The van der Waals surface area contributed by atoms with Crippen molar-refractivity contribution in [2.75, 3.05) is 0 Å². The van der Waals surface area contributed by atoms with E-state index in [0.29, 0.717) is 6.61 Å². The fourth-order valence-corrected chi connectivity index (χ4v) is 3.61. The summed E-state index contributed by atoms with van der Waals surface area (Å²) < 4.78 is 6.11. The first-order valence-corrected chi connectivity index (χ1v) is 9.21. The summed E-state index contributed by atoms with van der Waals surface area (Å²) in [6.07, 6.45) is 4.75. The van der Waals surface area contributed by atoms with Crippen LogP contribution in [-0.4, -0.2) is 16.1 Å². The second-order valence-corrected chi connectivity index (χ2v) is 6.75. The van der Waals surface area contributed by atoms with Crippen molar-refractivity contribution in [2.45, 2.75) is 32.3 Å². The molecule has 0 bridgehead atoms. The topological polar surface area (TPSA) is 59.4 Å². The Morgan fingerprint density at radius 2 is 1.96 bits per heavy atom. The number of nitrogens with zero attached hydrogens (tertiary/aromatic N) is 1. The largest absolute Gasteiger partial charge is 0.487 e. The number of para-hydroxylation sites is 1. The average molecular weight is 359 g/mol. The first-order valence-electron chi connectivity index (χ1n) is 9.21. The van der Waals surface area contributed by atoms with Crippen LogP contribution in [0.5, 0.6) is 5.75 Å². The normalized spacial score (nSPS) is 14.9. The average Bonchev–Trinajstić information content (AvgIpc) is 2.70. The second-order valence-electron chi connectivity index (χ2n) is 6.75. The van der Waals surface area contributed by atoms with Crippen LogP contribution in [0.2, 0.25) is 0 Å². The molecule has 1 aliphatic rings. The smallest absolute Gasteiger partial charge is 0.307 e. The summed E-state index contributed by atoms with van der Waals surface area (Å²) in [5, 5.41) is 10.1. The highest BCUT2D eigenvalue weighted by atomic mass is 16.5. The number of allylic oxidation sites excluding steroid dienone is 1. The Hall–Kier alpha value is -3.14. The van der Waals surface area contributed by atoms with Gasteiger partial charge in [0.25, 0.3) is 0 Å². The van der Waals surface area contributed by atoms with Crippen molar-refractivity contribution in [2.24, 2.45) is 0 Å². The summed E-state index contributed by atoms with van der Waals surface area (Å²) >= 11 is 0. The SMILES string of the molecule is O=C(O)C/C=C1\CCCc2c(OCc3ccc4ccccc4n3)cccc21. The summed E-state index contributed by atoms with van der Waals surface area (Å²) in [6, 6.07) is 18.1. The van der Waals surface area contributed by atoms with Gasteiger partial charge in [-0.1, -0.05) is 42.5 Å². The standard InChI is InChI=1S/C23H21NO3/c25-23(26)14-12-16-6-3-8-20-19(16)7-4-10-22(20)27-15-18-13-11-17-5-1-2-9-21(17)24-18/h1-2,4-5,7,9-13H,3,6,8,14-15H2,(H,25,26)/b16-12+. The van der Waals surface area contributed by atoms with Crippen molar-refractivity contribution >= 4 is 22.4 Å². The van der Waals surface area contributed by atoms with E-state index in [-0.39, 0.29) is 6.42 Å². The van der Waals surface area contributed by atoms with Crippen molar-refractivity contribution < 1.29 is 14.6 Å². The Kier molecular flexibility index (Phi) is 4.88. The molecule has 4 nitrogen and oxygen atoms in total. The molecule has 0 atom stereocenters. The molecule has 136 valence electrons. The zero-order valence-electron chi connectivity index (χ0n) is 15.0. The zero-order chi connectivity index (χ0) is 18.6. The highest BCUT2D eigenvalue weighted by Crippen LogP contribution is 2.36. The monoisotopic (exact) mass is 359 g/mol. The molecule has 1 aromatic heterocycles. The highest BCUT2D eigenvalue weighted by Gasteiger charge is 2.18. The number of carboxylic acid groups (broad SMARTS) is 1. The number of aliphatic carboxylic acids is 1. The minimum atomic E-state index is -0.801. The van der Waals surface area contributed by atoms with Crippen LogP contribution in [0.3, 0.4) is 0 Å². The third-order valence-corrected chi connectivity index (χ3v) is 4.91. The zero-order valence-corrected chi connectivity index (χ0v) is 15.0. The van der Waals surface area contributed by atoms with Crippen LogP contribution in [0.1, 0.15) is 36.1 Å². The highest BCUT2D eigenvalue weighted by molar-refractivity contribution is 5.78. The molecule has 0 saturated carbocycles. The molecule has 0 unspecified atom stereocenters. The van der Waals surface area contributed by atoms with Gasteiger partial charge in [0.05, 0.1) is 17.6 Å². The van der Waals surface area contributed by atoms with Crippen LogP contribution in [0.15, 0.2) is 60.7 Å². The number of pyridine rings is 1. The molecule has 1 N–H and O–H groups in total. The molecule has 27 heavy (non-hydrogen) atoms. The van der Waals surface area contributed by atoms with Gasteiger partial charge < -0.3 is 9.84 Å². The summed E-state index contributed by atoms with van der Waals surface area (Å²) in [5.41, 5.74) is 5.25. The van der Waals surface area contributed by atoms with E-state index < -0.39 is 5.97 Å². The number of fused-ring (bicyclic) bond motifs is 2. The lowest BCUT2D eigenvalue weighted by atomic mass is 9.86. The maximum absolute atomic E-state index is 10.9. The lowest BCUT2D eigenvalue weighted by Gasteiger charge is -2.22. The molecule has 0 fully saturated rings. The molecule has 0 amide bonds. The van der Waals surface area contributed by atoms with Crippen LogP contribution in [-0.2, 0) is 17.8 Å². The quantitative estimate of drug-likeness (QED) is 0.696. The van der Waals surface area contributed by atoms with Crippen LogP contribution in [0.4, 0.5) is 0 Å². The molecule has 0 saturated heterocycles. The van der Waals surface area contributed by atoms with Crippen molar-refractivity contribution in [1.82, 2.24) is 4.98 Å². The molecule has 2 aromatic carbocycles. The maximum atomic E-state index is 10.9. The number of aromatic nitrogens is 1. The Morgan fingerprint density at radius 3 is 2.85 bits per heavy atom. The van der Waals surface area contributed by atoms with E-state index in [4.69, 9.17) is 9.84 Å². The first-order chi connectivity index (χ1) is 13.2. The van der Waals surface area contributed by atoms with Gasteiger partial charge in [-0.25, -0.2) is 4.98 Å². The first kappa shape index (κ1) is 17.3. The van der Waals surface area contributed by atoms with E-state index in [1.54, 1.807) is 0 Å². The van der Waals surface area contributed by atoms with Gasteiger partial charge in [-0.05, 0) is 48.6 Å². The summed E-state index contributed by atoms with van der Waals surface area (Å²) in [4.78, 5) is 15.6. The van der Waals surface area contributed by atoms with Crippen molar-refractivity contribution in [3.63, 3.8) is 0 Å². The fraction of sp³-hybridized carbons (Fsp3) is 0.217. The van der Waals surface area contributed by atoms with E-state index in [2.05, 4.69) is 17.1 Å². The molecule has 4 rings (SSSR count). The number of rotatable bonds is 5. The van der Waals surface area contributed by atoms with Gasteiger partial charge in [0.1, 0.15) is 12.4 Å². The predicted octanol–water partition coefficient (Wildman–Crippen LogP) is 5.01. The van der Waals surface area contributed by atoms with E-state index in [1.807, 2.05) is 48.5 Å². The van der Waals surface area contributed by atoms with Crippen molar-refractivity contribution in [3.05, 3.63) is 77.5 Å².